The maximum absolute atomic E-state index is 11.9. The minimum atomic E-state index is -2.92. The summed E-state index contributed by atoms with van der Waals surface area (Å²) < 4.78 is 31.2. The van der Waals surface area contributed by atoms with Crippen molar-refractivity contribution in [1.29, 1.82) is 0 Å². The lowest BCUT2D eigenvalue weighted by Crippen LogP contribution is -2.13. The molecule has 1 atom stereocenters. The van der Waals surface area contributed by atoms with Gasteiger partial charge in [-0.1, -0.05) is 6.07 Å². The van der Waals surface area contributed by atoms with Crippen molar-refractivity contribution in [3.63, 3.8) is 0 Å². The van der Waals surface area contributed by atoms with Crippen LogP contribution >= 0.6 is 11.3 Å². The molecule has 1 aliphatic heterocycles. The van der Waals surface area contributed by atoms with Gasteiger partial charge in [-0.3, -0.25) is 0 Å². The monoisotopic (exact) mass is 417 g/mol. The van der Waals surface area contributed by atoms with Crippen molar-refractivity contribution in [2.75, 3.05) is 23.9 Å². The minimum absolute atomic E-state index is 0.0202. The smallest absolute Gasteiger partial charge is 0.187 e. The van der Waals surface area contributed by atoms with E-state index in [0.29, 0.717) is 6.42 Å². The number of aryl methyl sites for hydroxylation is 1. The van der Waals surface area contributed by atoms with Crippen LogP contribution in [0.1, 0.15) is 23.9 Å². The highest BCUT2D eigenvalue weighted by molar-refractivity contribution is 7.91. The fourth-order valence-electron chi connectivity index (χ4n) is 3.86. The van der Waals surface area contributed by atoms with Crippen LogP contribution in [0.5, 0.6) is 5.75 Å². The number of aromatic nitrogens is 2. The Kier molecular flexibility index (Phi) is 4.93. The van der Waals surface area contributed by atoms with Crippen LogP contribution in [0.4, 0.5) is 10.8 Å². The number of sulfone groups is 1. The summed E-state index contributed by atoms with van der Waals surface area (Å²) in [5.74, 6) is 1.29. The number of rotatable bonds is 5. The Morgan fingerprint density at radius 2 is 2.11 bits per heavy atom. The average Bonchev–Trinajstić information content (AvgIpc) is 3.33. The fourth-order valence-corrected chi connectivity index (χ4v) is 6.29. The normalized spacial score (nSPS) is 18.3. The summed E-state index contributed by atoms with van der Waals surface area (Å²) in [6, 6.07) is 9.84. The molecule has 1 saturated heterocycles. The van der Waals surface area contributed by atoms with Gasteiger partial charge in [0, 0.05) is 40.1 Å². The molecule has 0 aliphatic carbocycles. The highest BCUT2D eigenvalue weighted by atomic mass is 32.2. The number of thiazole rings is 1. The van der Waals surface area contributed by atoms with Crippen molar-refractivity contribution in [3.05, 3.63) is 47.1 Å². The summed E-state index contributed by atoms with van der Waals surface area (Å²) in [6.07, 6.45) is 0.678. The molecule has 28 heavy (non-hydrogen) atoms. The molecule has 4 rings (SSSR count). The number of ether oxygens (including phenoxy) is 1. The van der Waals surface area contributed by atoms with Crippen LogP contribution < -0.4 is 10.1 Å². The van der Waals surface area contributed by atoms with Crippen LogP contribution in [0.2, 0.25) is 0 Å². The molecule has 0 saturated carbocycles. The van der Waals surface area contributed by atoms with Gasteiger partial charge in [-0.15, -0.1) is 11.3 Å². The average molecular weight is 418 g/mol. The number of benzene rings is 1. The van der Waals surface area contributed by atoms with E-state index in [1.165, 1.54) is 0 Å². The van der Waals surface area contributed by atoms with Crippen molar-refractivity contribution in [2.45, 2.75) is 26.3 Å². The summed E-state index contributed by atoms with van der Waals surface area (Å²) >= 11 is 1.54. The Morgan fingerprint density at radius 3 is 2.82 bits per heavy atom. The topological polar surface area (TPSA) is 73.2 Å². The predicted molar refractivity (Wildman–Crippen MR) is 114 cm³/mol. The summed E-state index contributed by atoms with van der Waals surface area (Å²) in [4.78, 5) is 4.74. The number of nitrogens with one attached hydrogen (secondary N) is 1. The number of anilines is 2. The van der Waals surface area contributed by atoms with Gasteiger partial charge in [0.25, 0.3) is 0 Å². The Morgan fingerprint density at radius 1 is 1.29 bits per heavy atom. The molecule has 1 unspecified atom stereocenters. The first-order chi connectivity index (χ1) is 13.4. The molecule has 8 heteroatoms. The van der Waals surface area contributed by atoms with Crippen LogP contribution in [0.25, 0.3) is 11.3 Å². The van der Waals surface area contributed by atoms with Crippen molar-refractivity contribution in [1.82, 2.24) is 9.55 Å². The van der Waals surface area contributed by atoms with Gasteiger partial charge in [-0.25, -0.2) is 13.4 Å². The molecule has 0 bridgehead atoms. The van der Waals surface area contributed by atoms with E-state index in [1.54, 1.807) is 18.4 Å². The third-order valence-corrected chi connectivity index (χ3v) is 7.67. The highest BCUT2D eigenvalue weighted by Gasteiger charge is 2.31. The second kappa shape index (κ2) is 7.25. The van der Waals surface area contributed by atoms with Gasteiger partial charge in [0.1, 0.15) is 5.75 Å². The molecule has 1 fully saturated rings. The fraction of sp³-hybridized carbons (Fsp3) is 0.350. The van der Waals surface area contributed by atoms with E-state index in [4.69, 9.17) is 9.72 Å². The quantitative estimate of drug-likeness (QED) is 0.668. The van der Waals surface area contributed by atoms with Crippen LogP contribution in [0.15, 0.2) is 35.7 Å². The molecule has 3 aromatic rings. The van der Waals surface area contributed by atoms with Gasteiger partial charge in [-0.05, 0) is 38.5 Å². The van der Waals surface area contributed by atoms with Crippen LogP contribution in [0, 0.1) is 13.8 Å². The molecule has 0 radical (unpaired) electrons. The molecule has 1 aliphatic rings. The summed E-state index contributed by atoms with van der Waals surface area (Å²) in [7, 11) is -1.28. The third kappa shape index (κ3) is 3.66. The zero-order chi connectivity index (χ0) is 19.9. The molecular weight excluding hydrogens is 394 g/mol. The van der Waals surface area contributed by atoms with E-state index in [2.05, 4.69) is 16.0 Å². The number of hydrogen-bond acceptors (Lipinski definition) is 6. The van der Waals surface area contributed by atoms with Gasteiger partial charge in [-0.2, -0.15) is 0 Å². The van der Waals surface area contributed by atoms with E-state index in [0.717, 1.165) is 39.2 Å². The summed E-state index contributed by atoms with van der Waals surface area (Å²) in [6.45, 7) is 4.07. The van der Waals surface area contributed by atoms with E-state index in [-0.39, 0.29) is 17.5 Å². The Hall–Kier alpha value is -2.32. The highest BCUT2D eigenvalue weighted by Crippen LogP contribution is 2.35. The van der Waals surface area contributed by atoms with E-state index in [1.807, 2.05) is 43.5 Å². The second-order valence-electron chi connectivity index (χ2n) is 7.11. The Labute approximate surface area is 169 Å². The summed E-state index contributed by atoms with van der Waals surface area (Å²) in [5.41, 5.74) is 5.01. The van der Waals surface area contributed by atoms with E-state index >= 15 is 0 Å². The minimum Gasteiger partial charge on any atom is -0.497 e. The molecule has 0 spiro atoms. The standard InChI is InChI=1S/C20H23N3O3S2/c1-13-9-18(14(2)23(13)16-7-8-28(24,25)12-16)19-11-27-20(22-19)21-15-5-4-6-17(10-15)26-3/h4-6,9-11,16H,7-8,12H2,1-3H3,(H,21,22). The Bertz CT molecular complexity index is 1120. The van der Waals surface area contributed by atoms with E-state index < -0.39 is 9.84 Å². The summed E-state index contributed by atoms with van der Waals surface area (Å²) in [5, 5.41) is 6.15. The molecule has 3 heterocycles. The Balaban J connectivity index is 1.60. The lowest BCUT2D eigenvalue weighted by Gasteiger charge is -2.16. The largest absolute Gasteiger partial charge is 0.497 e. The number of methoxy groups -OCH3 is 1. The van der Waals surface area contributed by atoms with Gasteiger partial charge < -0.3 is 14.6 Å². The van der Waals surface area contributed by atoms with Gasteiger partial charge in [0.15, 0.2) is 15.0 Å². The molecule has 2 aromatic heterocycles. The van der Waals surface area contributed by atoms with Gasteiger partial charge in [0.2, 0.25) is 0 Å². The molecule has 0 amide bonds. The zero-order valence-electron chi connectivity index (χ0n) is 16.1. The predicted octanol–water partition coefficient (Wildman–Crippen LogP) is 4.34. The molecule has 148 valence electrons. The maximum atomic E-state index is 11.9. The van der Waals surface area contributed by atoms with Crippen LogP contribution in [-0.4, -0.2) is 36.6 Å². The van der Waals surface area contributed by atoms with Crippen LogP contribution in [0.3, 0.4) is 0 Å². The van der Waals surface area contributed by atoms with Crippen molar-refractivity contribution in [3.8, 4) is 17.0 Å². The first-order valence-electron chi connectivity index (χ1n) is 9.12. The molecule has 6 nitrogen and oxygen atoms in total. The molecular formula is C20H23N3O3S2. The van der Waals surface area contributed by atoms with Crippen molar-refractivity contribution < 1.29 is 13.2 Å². The number of hydrogen-bond donors (Lipinski definition) is 1. The van der Waals surface area contributed by atoms with Gasteiger partial charge >= 0.3 is 0 Å². The van der Waals surface area contributed by atoms with E-state index in [9.17, 15) is 8.42 Å². The third-order valence-electron chi connectivity index (χ3n) is 5.16. The maximum Gasteiger partial charge on any atom is 0.187 e. The van der Waals surface area contributed by atoms with Crippen LogP contribution in [-0.2, 0) is 9.84 Å². The lowest BCUT2D eigenvalue weighted by atomic mass is 10.2. The molecule has 1 aromatic carbocycles. The first kappa shape index (κ1) is 19.0. The second-order valence-corrected chi connectivity index (χ2v) is 10.2. The zero-order valence-corrected chi connectivity index (χ0v) is 17.7. The van der Waals surface area contributed by atoms with Crippen molar-refractivity contribution >= 4 is 32.0 Å². The van der Waals surface area contributed by atoms with Crippen molar-refractivity contribution in [2.24, 2.45) is 0 Å². The molecule has 1 N–H and O–H groups in total. The SMILES string of the molecule is COc1cccc(Nc2nc(-c3cc(C)n(C4CCS(=O)(=O)C4)c3C)cs2)c1. The lowest BCUT2D eigenvalue weighted by molar-refractivity contribution is 0.415. The first-order valence-corrected chi connectivity index (χ1v) is 11.8. The van der Waals surface area contributed by atoms with Gasteiger partial charge in [0.05, 0.1) is 24.3 Å². The number of nitrogens with zero attached hydrogens (tertiary/aromatic N) is 2.